The first-order valence-corrected chi connectivity index (χ1v) is 9.67. The molecule has 0 aliphatic carbocycles. The number of carboxylic acid groups (broad SMARTS) is 1. The van der Waals surface area contributed by atoms with Crippen LogP contribution in [-0.4, -0.2) is 45.6 Å². The number of aromatic nitrogens is 4. The first kappa shape index (κ1) is 18.8. The monoisotopic (exact) mass is 389 g/mol. The molecular weight excluding hydrogens is 370 g/mol. The van der Waals surface area contributed by atoms with Gasteiger partial charge in [-0.2, -0.15) is 13.4 Å². The number of anilines is 1. The van der Waals surface area contributed by atoms with Gasteiger partial charge in [-0.1, -0.05) is 12.1 Å². The fourth-order valence-electron chi connectivity index (χ4n) is 2.93. The van der Waals surface area contributed by atoms with Gasteiger partial charge in [0.15, 0.2) is 0 Å². The van der Waals surface area contributed by atoms with Crippen LogP contribution in [0.25, 0.3) is 5.78 Å². The molecule has 0 bridgehead atoms. The molecule has 3 aromatic rings. The molecule has 2 aromatic heterocycles. The number of aromatic carboxylic acids is 1. The van der Waals surface area contributed by atoms with Crippen molar-refractivity contribution in [3.8, 4) is 0 Å². The topological polar surface area (TPSA) is 118 Å². The van der Waals surface area contributed by atoms with Gasteiger partial charge in [0.1, 0.15) is 0 Å². The summed E-state index contributed by atoms with van der Waals surface area (Å²) in [6.45, 7) is 6.70. The summed E-state index contributed by atoms with van der Waals surface area (Å²) in [7, 11) is -4.19. The van der Waals surface area contributed by atoms with E-state index >= 15 is 0 Å². The molecule has 0 radical (unpaired) electrons. The van der Waals surface area contributed by atoms with Crippen molar-refractivity contribution >= 4 is 27.5 Å². The summed E-state index contributed by atoms with van der Waals surface area (Å²) in [5.74, 6) is -1.04. The predicted molar refractivity (Wildman–Crippen MR) is 98.6 cm³/mol. The molecule has 9 nitrogen and oxygen atoms in total. The van der Waals surface area contributed by atoms with Crippen molar-refractivity contribution in [1.82, 2.24) is 19.6 Å². The van der Waals surface area contributed by atoms with E-state index in [2.05, 4.69) is 15.1 Å². The Balaban J connectivity index is 2.25. The number of carbonyl (C=O) groups is 1. The molecule has 0 unspecified atom stereocenters. The van der Waals surface area contributed by atoms with E-state index < -0.39 is 21.1 Å². The molecule has 0 amide bonds. The Hall–Kier alpha value is -3.01. The van der Waals surface area contributed by atoms with Crippen LogP contribution >= 0.6 is 0 Å². The van der Waals surface area contributed by atoms with Gasteiger partial charge in [-0.15, -0.1) is 5.10 Å². The highest BCUT2D eigenvalue weighted by atomic mass is 32.2. The van der Waals surface area contributed by atoms with Crippen molar-refractivity contribution in [2.75, 3.05) is 10.8 Å². The van der Waals surface area contributed by atoms with E-state index in [1.807, 2.05) is 0 Å². The lowest BCUT2D eigenvalue weighted by Gasteiger charge is -2.25. The molecule has 2 heterocycles. The Kier molecular flexibility index (Phi) is 4.60. The van der Waals surface area contributed by atoms with Gasteiger partial charge in [-0.05, 0) is 44.9 Å². The number of carboxylic acids is 1. The normalized spacial score (nSPS) is 11.7. The van der Waals surface area contributed by atoms with Crippen LogP contribution in [0.4, 0.5) is 5.69 Å². The van der Waals surface area contributed by atoms with E-state index in [0.717, 1.165) is 4.31 Å². The predicted octanol–water partition coefficient (Wildman–Crippen LogP) is 1.96. The standard InChI is InChI=1S/C17H19N5O4S/c1-5-21(14-11(3)7-6-10(2)13(14)15(23)24)27(25,26)17-19-16-18-9-8-12(4)22(16)20-17/h6-9H,5H2,1-4H3,(H,23,24). The third-order valence-corrected chi connectivity index (χ3v) is 5.93. The molecule has 0 saturated heterocycles. The Morgan fingerprint density at radius 2 is 1.85 bits per heavy atom. The second kappa shape index (κ2) is 6.62. The minimum Gasteiger partial charge on any atom is -0.478 e. The second-order valence-electron chi connectivity index (χ2n) is 6.09. The van der Waals surface area contributed by atoms with Crippen LogP contribution < -0.4 is 4.31 Å². The summed E-state index contributed by atoms with van der Waals surface area (Å²) in [6.07, 6.45) is 1.51. The van der Waals surface area contributed by atoms with Gasteiger partial charge in [-0.25, -0.2) is 14.3 Å². The minimum atomic E-state index is -4.19. The maximum atomic E-state index is 13.3. The van der Waals surface area contributed by atoms with Gasteiger partial charge >= 0.3 is 16.0 Å². The molecule has 0 saturated carbocycles. The zero-order valence-corrected chi connectivity index (χ0v) is 16.1. The third-order valence-electron chi connectivity index (χ3n) is 4.27. The fourth-order valence-corrected chi connectivity index (χ4v) is 4.33. The molecule has 10 heteroatoms. The number of hydrogen-bond acceptors (Lipinski definition) is 6. The Morgan fingerprint density at radius 3 is 2.44 bits per heavy atom. The van der Waals surface area contributed by atoms with Crippen LogP contribution in [-0.2, 0) is 10.0 Å². The number of aryl methyl sites for hydroxylation is 3. The lowest BCUT2D eigenvalue weighted by atomic mass is 10.0. The molecule has 0 aliphatic heterocycles. The van der Waals surface area contributed by atoms with Gasteiger partial charge in [0.05, 0.1) is 11.3 Å². The van der Waals surface area contributed by atoms with Crippen molar-refractivity contribution < 1.29 is 18.3 Å². The first-order chi connectivity index (χ1) is 12.7. The number of benzene rings is 1. The second-order valence-corrected chi connectivity index (χ2v) is 7.85. The lowest BCUT2D eigenvalue weighted by Crippen LogP contribution is -2.34. The van der Waals surface area contributed by atoms with E-state index in [0.29, 0.717) is 16.8 Å². The maximum absolute atomic E-state index is 13.3. The molecule has 0 spiro atoms. The minimum absolute atomic E-state index is 0.0227. The number of sulfonamides is 1. The smallest absolute Gasteiger partial charge is 0.338 e. The van der Waals surface area contributed by atoms with Gasteiger partial charge < -0.3 is 5.11 Å². The van der Waals surface area contributed by atoms with Crippen molar-refractivity contribution in [3.05, 3.63) is 46.8 Å². The molecule has 1 N–H and O–H groups in total. The molecule has 0 atom stereocenters. The summed E-state index contributed by atoms with van der Waals surface area (Å²) in [6, 6.07) is 5.03. The van der Waals surface area contributed by atoms with E-state index in [1.54, 1.807) is 45.9 Å². The van der Waals surface area contributed by atoms with Crippen molar-refractivity contribution in [2.45, 2.75) is 32.9 Å². The van der Waals surface area contributed by atoms with Crippen molar-refractivity contribution in [3.63, 3.8) is 0 Å². The van der Waals surface area contributed by atoms with E-state index in [-0.39, 0.29) is 23.6 Å². The van der Waals surface area contributed by atoms with Crippen LogP contribution in [0.5, 0.6) is 0 Å². The summed E-state index contributed by atoms with van der Waals surface area (Å²) in [4.78, 5) is 19.9. The number of nitrogens with zero attached hydrogens (tertiary/aromatic N) is 5. The maximum Gasteiger partial charge on any atom is 0.338 e. The van der Waals surface area contributed by atoms with Gasteiger partial charge in [0.2, 0.25) is 0 Å². The van der Waals surface area contributed by atoms with E-state index in [9.17, 15) is 18.3 Å². The van der Waals surface area contributed by atoms with Crippen molar-refractivity contribution in [2.24, 2.45) is 0 Å². The zero-order chi connectivity index (χ0) is 19.9. The molecule has 0 fully saturated rings. The van der Waals surface area contributed by atoms with Gasteiger partial charge in [0.25, 0.3) is 10.9 Å². The quantitative estimate of drug-likeness (QED) is 0.708. The molecule has 27 heavy (non-hydrogen) atoms. The fraction of sp³-hybridized carbons (Fsp3) is 0.294. The molecule has 1 aromatic carbocycles. The summed E-state index contributed by atoms with van der Waals surface area (Å²) < 4.78 is 28.9. The average Bonchev–Trinajstić information content (AvgIpc) is 3.04. The van der Waals surface area contributed by atoms with Gasteiger partial charge in [0, 0.05) is 18.4 Å². The molecule has 0 aliphatic rings. The molecule has 142 valence electrons. The van der Waals surface area contributed by atoms with E-state index in [1.165, 1.54) is 10.7 Å². The summed E-state index contributed by atoms with van der Waals surface area (Å²) >= 11 is 0. The first-order valence-electron chi connectivity index (χ1n) is 8.23. The number of hydrogen-bond donors (Lipinski definition) is 1. The van der Waals surface area contributed by atoms with Crippen LogP contribution in [0.2, 0.25) is 0 Å². The van der Waals surface area contributed by atoms with Gasteiger partial charge in [-0.3, -0.25) is 4.31 Å². The Labute approximate surface area is 156 Å². The largest absolute Gasteiger partial charge is 0.478 e. The van der Waals surface area contributed by atoms with Crippen LogP contribution in [0.15, 0.2) is 29.6 Å². The highest BCUT2D eigenvalue weighted by molar-refractivity contribution is 7.92. The summed E-state index contributed by atoms with van der Waals surface area (Å²) in [5, 5.41) is 13.3. The zero-order valence-electron chi connectivity index (χ0n) is 15.3. The van der Waals surface area contributed by atoms with Crippen LogP contribution in [0.1, 0.15) is 34.1 Å². The highest BCUT2D eigenvalue weighted by Gasteiger charge is 2.33. The number of rotatable bonds is 5. The average molecular weight is 389 g/mol. The molecular formula is C17H19N5O4S. The third kappa shape index (κ3) is 3.01. The molecule has 3 rings (SSSR count). The van der Waals surface area contributed by atoms with Crippen LogP contribution in [0, 0.1) is 20.8 Å². The SMILES string of the molecule is CCN(c1c(C)ccc(C)c1C(=O)O)S(=O)(=O)c1nc2nccc(C)n2n1. The van der Waals surface area contributed by atoms with Crippen molar-refractivity contribution in [1.29, 1.82) is 0 Å². The Morgan fingerprint density at radius 1 is 1.19 bits per heavy atom. The Bertz CT molecular complexity index is 1150. The number of fused-ring (bicyclic) bond motifs is 1. The lowest BCUT2D eigenvalue weighted by molar-refractivity contribution is 0.0697. The van der Waals surface area contributed by atoms with Crippen LogP contribution in [0.3, 0.4) is 0 Å². The van der Waals surface area contributed by atoms with E-state index in [4.69, 9.17) is 0 Å². The highest BCUT2D eigenvalue weighted by Crippen LogP contribution is 2.31. The summed E-state index contributed by atoms with van der Waals surface area (Å²) in [5.41, 5.74) is 1.74.